The summed E-state index contributed by atoms with van der Waals surface area (Å²) in [6.45, 7) is 2.13. The number of rotatable bonds is 6. The zero-order valence-corrected chi connectivity index (χ0v) is 13.0. The molecule has 0 N–H and O–H groups in total. The molecule has 1 heterocycles. The molecule has 1 aromatic heterocycles. The first-order valence-electron chi connectivity index (χ1n) is 5.40. The summed E-state index contributed by atoms with van der Waals surface area (Å²) in [6.07, 6.45) is 4.52. The van der Waals surface area contributed by atoms with Crippen LogP contribution in [0.3, 0.4) is 0 Å². The molecule has 1 aromatic rings. The molecule has 1 unspecified atom stereocenters. The van der Waals surface area contributed by atoms with E-state index in [0.29, 0.717) is 0 Å². The summed E-state index contributed by atoms with van der Waals surface area (Å²) in [4.78, 5) is 4.40. The number of nitrogens with zero attached hydrogens (tertiary/aromatic N) is 1. The van der Waals surface area contributed by atoms with Gasteiger partial charge in [-0.05, 0) is 29.9 Å². The van der Waals surface area contributed by atoms with Gasteiger partial charge in [-0.1, -0.05) is 22.9 Å². The normalized spacial score (nSPS) is 13.1. The molecule has 0 aliphatic rings. The van der Waals surface area contributed by atoms with Crippen molar-refractivity contribution in [2.45, 2.75) is 29.5 Å². The van der Waals surface area contributed by atoms with Gasteiger partial charge in [0.1, 0.15) is 0 Å². The van der Waals surface area contributed by atoms with E-state index in [-0.39, 0.29) is 11.1 Å². The second-order valence-electron chi connectivity index (χ2n) is 3.48. The molecule has 0 spiro atoms. The van der Waals surface area contributed by atoms with Crippen molar-refractivity contribution in [1.82, 2.24) is 4.98 Å². The topological polar surface area (TPSA) is 31.4 Å². The highest BCUT2D eigenvalue weighted by Crippen LogP contribution is 2.34. The Morgan fingerprint density at radius 3 is 2.53 bits per heavy atom. The highest BCUT2D eigenvalue weighted by molar-refractivity contribution is 9.09. The summed E-state index contributed by atoms with van der Waals surface area (Å²) in [5.41, 5.74) is 2.43. The molecule has 0 fully saturated rings. The molecule has 0 aromatic carbocycles. The lowest BCUT2D eigenvalue weighted by molar-refractivity contribution is -0.101. The summed E-state index contributed by atoms with van der Waals surface area (Å²) < 4.78 is 10.6. The van der Waals surface area contributed by atoms with Crippen LogP contribution in [0.1, 0.15) is 22.9 Å². The monoisotopic (exact) mass is 319 g/mol. The first-order chi connectivity index (χ1) is 8.19. The minimum atomic E-state index is -0.294. The first-order valence-corrected chi connectivity index (χ1v) is 7.55. The molecule has 0 aliphatic carbocycles. The summed E-state index contributed by atoms with van der Waals surface area (Å²) in [7, 11) is 3.29. The van der Waals surface area contributed by atoms with E-state index >= 15 is 0 Å². The quantitative estimate of drug-likeness (QED) is 0.457. The molecule has 0 saturated carbocycles. The Bertz CT molecular complexity index is 358. The fourth-order valence-electron chi connectivity index (χ4n) is 1.76. The van der Waals surface area contributed by atoms with Gasteiger partial charge in [0.2, 0.25) is 0 Å². The molecule has 17 heavy (non-hydrogen) atoms. The van der Waals surface area contributed by atoms with Crippen LogP contribution in [0.4, 0.5) is 0 Å². The molecular weight excluding hydrogens is 302 g/mol. The third-order valence-electron chi connectivity index (χ3n) is 2.60. The number of hydrogen-bond donors (Lipinski definition) is 0. The average molecular weight is 320 g/mol. The van der Waals surface area contributed by atoms with E-state index in [9.17, 15) is 0 Å². The van der Waals surface area contributed by atoms with E-state index in [4.69, 9.17) is 9.47 Å². The van der Waals surface area contributed by atoms with E-state index in [0.717, 1.165) is 11.4 Å². The number of alkyl halides is 1. The Hall–Kier alpha value is -0.100. The minimum Gasteiger partial charge on any atom is -0.354 e. The Balaban J connectivity index is 3.11. The van der Waals surface area contributed by atoms with Crippen molar-refractivity contribution in [2.24, 2.45) is 0 Å². The van der Waals surface area contributed by atoms with Gasteiger partial charge in [-0.25, -0.2) is 4.98 Å². The van der Waals surface area contributed by atoms with E-state index in [1.807, 2.05) is 18.5 Å². The standard InChI is InChI=1S/C12H18BrNO2S/c1-5-8-9(6-7-14-11(8)17-4)10(13)12(15-2)16-3/h6-7,10,12H,5H2,1-4H3. The molecule has 3 nitrogen and oxygen atoms in total. The van der Waals surface area contributed by atoms with Gasteiger partial charge in [0.25, 0.3) is 0 Å². The van der Waals surface area contributed by atoms with Crippen LogP contribution in [0.25, 0.3) is 0 Å². The third-order valence-corrected chi connectivity index (χ3v) is 4.26. The molecule has 0 amide bonds. The van der Waals surface area contributed by atoms with Crippen LogP contribution in [-0.4, -0.2) is 31.7 Å². The van der Waals surface area contributed by atoms with Crippen molar-refractivity contribution >= 4 is 27.7 Å². The summed E-state index contributed by atoms with van der Waals surface area (Å²) in [6, 6.07) is 2.02. The van der Waals surface area contributed by atoms with Crippen molar-refractivity contribution in [3.8, 4) is 0 Å². The predicted molar refractivity (Wildman–Crippen MR) is 74.9 cm³/mol. The van der Waals surface area contributed by atoms with Gasteiger partial charge in [-0.15, -0.1) is 11.8 Å². The smallest absolute Gasteiger partial charge is 0.173 e. The van der Waals surface area contributed by atoms with Gasteiger partial charge >= 0.3 is 0 Å². The van der Waals surface area contributed by atoms with Crippen molar-refractivity contribution in [2.75, 3.05) is 20.5 Å². The van der Waals surface area contributed by atoms with Gasteiger partial charge in [-0.2, -0.15) is 0 Å². The van der Waals surface area contributed by atoms with Gasteiger partial charge in [0.15, 0.2) is 6.29 Å². The molecule has 0 aliphatic heterocycles. The molecule has 1 rings (SSSR count). The Morgan fingerprint density at radius 2 is 2.06 bits per heavy atom. The summed E-state index contributed by atoms with van der Waals surface area (Å²) >= 11 is 5.31. The molecule has 0 bridgehead atoms. The zero-order chi connectivity index (χ0) is 12.8. The van der Waals surface area contributed by atoms with Crippen LogP contribution in [0, 0.1) is 0 Å². The van der Waals surface area contributed by atoms with E-state index in [1.54, 1.807) is 26.0 Å². The largest absolute Gasteiger partial charge is 0.354 e. The molecular formula is C12H18BrNO2S. The van der Waals surface area contributed by atoms with Crippen molar-refractivity contribution in [3.63, 3.8) is 0 Å². The molecule has 0 saturated heterocycles. The Morgan fingerprint density at radius 1 is 1.41 bits per heavy atom. The Kier molecular flexibility index (Phi) is 6.48. The van der Waals surface area contributed by atoms with Crippen LogP contribution < -0.4 is 0 Å². The third kappa shape index (κ3) is 3.44. The predicted octanol–water partition coefficient (Wildman–Crippen LogP) is 3.42. The van der Waals surface area contributed by atoms with Crippen molar-refractivity contribution in [1.29, 1.82) is 0 Å². The Labute approximate surface area is 115 Å². The zero-order valence-electron chi connectivity index (χ0n) is 10.6. The maximum absolute atomic E-state index is 5.29. The number of thioether (sulfide) groups is 1. The molecule has 0 radical (unpaired) electrons. The van der Waals surface area contributed by atoms with Crippen LogP contribution in [-0.2, 0) is 15.9 Å². The summed E-state index contributed by atoms with van der Waals surface area (Å²) in [5, 5.41) is 1.07. The van der Waals surface area contributed by atoms with Gasteiger partial charge < -0.3 is 9.47 Å². The number of pyridine rings is 1. The fourth-order valence-corrected chi connectivity index (χ4v) is 3.29. The van der Waals surface area contributed by atoms with Crippen molar-refractivity contribution in [3.05, 3.63) is 23.4 Å². The van der Waals surface area contributed by atoms with Crippen LogP contribution in [0.2, 0.25) is 0 Å². The lowest BCUT2D eigenvalue weighted by Gasteiger charge is -2.22. The minimum absolute atomic E-state index is 0.0151. The van der Waals surface area contributed by atoms with Crippen LogP contribution in [0.15, 0.2) is 17.3 Å². The van der Waals surface area contributed by atoms with Crippen molar-refractivity contribution < 1.29 is 9.47 Å². The average Bonchev–Trinajstić information content (AvgIpc) is 2.38. The number of aromatic nitrogens is 1. The number of hydrogen-bond acceptors (Lipinski definition) is 4. The van der Waals surface area contributed by atoms with E-state index in [1.165, 1.54) is 11.1 Å². The fraction of sp³-hybridized carbons (Fsp3) is 0.583. The lowest BCUT2D eigenvalue weighted by Crippen LogP contribution is -2.20. The molecule has 1 atom stereocenters. The molecule has 5 heteroatoms. The van der Waals surface area contributed by atoms with Gasteiger partial charge in [0.05, 0.1) is 9.85 Å². The van der Waals surface area contributed by atoms with Gasteiger partial charge in [-0.3, -0.25) is 0 Å². The van der Waals surface area contributed by atoms with Crippen LogP contribution >= 0.6 is 27.7 Å². The maximum Gasteiger partial charge on any atom is 0.173 e. The number of halogens is 1. The van der Waals surface area contributed by atoms with E-state index in [2.05, 4.69) is 27.8 Å². The first kappa shape index (κ1) is 15.0. The van der Waals surface area contributed by atoms with Gasteiger partial charge in [0, 0.05) is 20.4 Å². The maximum atomic E-state index is 5.29. The highest BCUT2D eigenvalue weighted by atomic mass is 79.9. The van der Waals surface area contributed by atoms with E-state index < -0.39 is 0 Å². The molecule has 96 valence electrons. The number of methoxy groups -OCH3 is 2. The van der Waals surface area contributed by atoms with Crippen LogP contribution in [0.5, 0.6) is 0 Å². The SMILES string of the molecule is CCc1c(C(Br)C(OC)OC)ccnc1SC. The second kappa shape index (κ2) is 7.36. The second-order valence-corrected chi connectivity index (χ2v) is 5.26. The summed E-state index contributed by atoms with van der Waals surface area (Å²) in [5.74, 6) is 0. The lowest BCUT2D eigenvalue weighted by atomic mass is 10.0. The number of ether oxygens (including phenoxy) is 2. The highest BCUT2D eigenvalue weighted by Gasteiger charge is 2.23.